The topological polar surface area (TPSA) is 91.8 Å². The molecule has 1 rings (SSSR count). The molecule has 0 aromatic carbocycles. The van der Waals surface area contributed by atoms with Crippen molar-refractivity contribution in [2.24, 2.45) is 5.92 Å². The number of aliphatic carboxylic acids is 1. The molecule has 1 N–H and O–H groups in total. The Labute approximate surface area is 113 Å². The number of carbonyl (C=O) groups is 2. The Morgan fingerprint density at radius 2 is 1.79 bits per heavy atom. The number of sulfone groups is 1. The molecule has 0 atom stereocenters. The van der Waals surface area contributed by atoms with Crippen LogP contribution in [0.3, 0.4) is 0 Å². The molecule has 0 bridgehead atoms. The molecule has 110 valence electrons. The van der Waals surface area contributed by atoms with Gasteiger partial charge in [-0.2, -0.15) is 0 Å². The number of nitrogens with zero attached hydrogens (tertiary/aromatic N) is 1. The Bertz CT molecular complexity index is 435. The second-order valence-corrected chi connectivity index (χ2v) is 7.84. The molecule has 0 aromatic heterocycles. The monoisotopic (exact) mass is 291 g/mol. The van der Waals surface area contributed by atoms with Gasteiger partial charge in [-0.15, -0.1) is 0 Å². The molecule has 6 nitrogen and oxygen atoms in total. The molecule has 1 aliphatic heterocycles. The molecule has 0 aromatic rings. The first-order chi connectivity index (χ1) is 8.72. The number of carbonyl (C=O) groups excluding carboxylic acids is 1. The Balaban J connectivity index is 2.48. The summed E-state index contributed by atoms with van der Waals surface area (Å²) in [5.74, 6) is -1.56. The number of piperidine rings is 1. The van der Waals surface area contributed by atoms with Gasteiger partial charge in [-0.25, -0.2) is 8.42 Å². The summed E-state index contributed by atoms with van der Waals surface area (Å²) in [4.78, 5) is 24.0. The van der Waals surface area contributed by atoms with E-state index in [1.54, 1.807) is 13.8 Å². The number of carboxylic acids is 1. The van der Waals surface area contributed by atoms with Crippen molar-refractivity contribution in [2.75, 3.05) is 18.8 Å². The fourth-order valence-corrected chi connectivity index (χ4v) is 2.92. The van der Waals surface area contributed by atoms with Gasteiger partial charge in [-0.1, -0.05) is 0 Å². The minimum Gasteiger partial charge on any atom is -0.481 e. The lowest BCUT2D eigenvalue weighted by atomic mass is 9.94. The number of rotatable bonds is 5. The Morgan fingerprint density at radius 1 is 1.26 bits per heavy atom. The third kappa shape index (κ3) is 4.81. The van der Waals surface area contributed by atoms with Crippen molar-refractivity contribution in [3.63, 3.8) is 0 Å². The highest BCUT2D eigenvalue weighted by molar-refractivity contribution is 7.92. The molecule has 1 aliphatic rings. The van der Waals surface area contributed by atoms with Gasteiger partial charge in [0.25, 0.3) is 0 Å². The van der Waals surface area contributed by atoms with E-state index < -0.39 is 26.8 Å². The lowest BCUT2D eigenvalue weighted by Gasteiger charge is -2.31. The van der Waals surface area contributed by atoms with Crippen LogP contribution < -0.4 is 0 Å². The van der Waals surface area contributed by atoms with Crippen molar-refractivity contribution in [1.82, 2.24) is 4.90 Å². The Hall–Kier alpha value is -1.11. The van der Waals surface area contributed by atoms with Crippen LogP contribution in [0.2, 0.25) is 0 Å². The maximum Gasteiger partial charge on any atom is 0.303 e. The quantitative estimate of drug-likeness (QED) is 0.797. The lowest BCUT2D eigenvalue weighted by molar-refractivity contribution is -0.138. The van der Waals surface area contributed by atoms with E-state index in [0.29, 0.717) is 25.9 Å². The van der Waals surface area contributed by atoms with Crippen LogP contribution in [0.5, 0.6) is 0 Å². The zero-order valence-electron chi connectivity index (χ0n) is 11.3. The van der Waals surface area contributed by atoms with Crippen molar-refractivity contribution in [1.29, 1.82) is 0 Å². The number of amides is 1. The fourth-order valence-electron chi connectivity index (χ4n) is 2.06. The summed E-state index contributed by atoms with van der Waals surface area (Å²) in [5.41, 5.74) is 0. The summed E-state index contributed by atoms with van der Waals surface area (Å²) in [5, 5.41) is 8.14. The lowest BCUT2D eigenvalue weighted by Crippen LogP contribution is -2.42. The predicted octanol–water partition coefficient (Wildman–Crippen LogP) is 0.523. The maximum absolute atomic E-state index is 11.9. The van der Waals surface area contributed by atoms with E-state index >= 15 is 0 Å². The van der Waals surface area contributed by atoms with E-state index in [0.717, 1.165) is 0 Å². The summed E-state index contributed by atoms with van der Waals surface area (Å²) in [6, 6.07) is 0. The molecule has 1 saturated heterocycles. The molecular weight excluding hydrogens is 270 g/mol. The molecule has 0 spiro atoms. The minimum atomic E-state index is -3.36. The average Bonchev–Trinajstić information content (AvgIpc) is 2.28. The van der Waals surface area contributed by atoms with E-state index in [1.165, 1.54) is 4.90 Å². The van der Waals surface area contributed by atoms with E-state index in [2.05, 4.69) is 0 Å². The van der Waals surface area contributed by atoms with Crippen LogP contribution in [0.15, 0.2) is 0 Å². The molecule has 0 unspecified atom stereocenters. The summed E-state index contributed by atoms with van der Waals surface area (Å²) in [6.07, 6.45) is 1.37. The number of hydrogen-bond donors (Lipinski definition) is 1. The molecule has 1 fully saturated rings. The zero-order chi connectivity index (χ0) is 14.6. The van der Waals surface area contributed by atoms with Gasteiger partial charge < -0.3 is 10.0 Å². The third-order valence-electron chi connectivity index (χ3n) is 3.47. The Kier molecular flexibility index (Phi) is 5.34. The standard InChI is InChI=1S/C12H21NO5S/c1-9(2)19(17,18)8-11(14)13-5-3-10(4-6-13)7-12(15)16/h9-10H,3-8H2,1-2H3,(H,15,16). The number of carboxylic acid groups (broad SMARTS) is 1. The van der Waals surface area contributed by atoms with Crippen molar-refractivity contribution in [3.05, 3.63) is 0 Å². The highest BCUT2D eigenvalue weighted by Crippen LogP contribution is 2.20. The van der Waals surface area contributed by atoms with Crippen molar-refractivity contribution in [2.45, 2.75) is 38.4 Å². The normalized spacial score (nSPS) is 17.7. The van der Waals surface area contributed by atoms with Gasteiger partial charge in [0, 0.05) is 19.5 Å². The second-order valence-electron chi connectivity index (χ2n) is 5.28. The maximum atomic E-state index is 11.9. The molecule has 0 radical (unpaired) electrons. The van der Waals surface area contributed by atoms with Gasteiger partial charge in [0.15, 0.2) is 9.84 Å². The summed E-state index contributed by atoms with van der Waals surface area (Å²) in [6.45, 7) is 4.01. The van der Waals surface area contributed by atoms with Gasteiger partial charge >= 0.3 is 5.97 Å². The van der Waals surface area contributed by atoms with Crippen molar-refractivity contribution >= 4 is 21.7 Å². The SMILES string of the molecule is CC(C)S(=O)(=O)CC(=O)N1CCC(CC(=O)O)CC1. The second kappa shape index (κ2) is 6.36. The Morgan fingerprint density at radius 3 is 2.21 bits per heavy atom. The van der Waals surface area contributed by atoms with Crippen molar-refractivity contribution < 1.29 is 23.1 Å². The molecule has 0 aliphatic carbocycles. The van der Waals surface area contributed by atoms with Crippen LogP contribution >= 0.6 is 0 Å². The van der Waals surface area contributed by atoms with Crippen LogP contribution in [-0.4, -0.2) is 54.4 Å². The van der Waals surface area contributed by atoms with Gasteiger partial charge in [0.1, 0.15) is 5.75 Å². The molecule has 1 amide bonds. The third-order valence-corrected chi connectivity index (χ3v) is 5.56. The number of hydrogen-bond acceptors (Lipinski definition) is 4. The van der Waals surface area contributed by atoms with Gasteiger partial charge in [0.2, 0.25) is 5.91 Å². The predicted molar refractivity (Wildman–Crippen MR) is 70.5 cm³/mol. The molecule has 1 heterocycles. The van der Waals surface area contributed by atoms with E-state index in [9.17, 15) is 18.0 Å². The van der Waals surface area contributed by atoms with Crippen LogP contribution in [0.4, 0.5) is 0 Å². The van der Waals surface area contributed by atoms with Crippen LogP contribution in [0.1, 0.15) is 33.1 Å². The van der Waals surface area contributed by atoms with Crippen LogP contribution in [-0.2, 0) is 19.4 Å². The van der Waals surface area contributed by atoms with Crippen molar-refractivity contribution in [3.8, 4) is 0 Å². The largest absolute Gasteiger partial charge is 0.481 e. The van der Waals surface area contributed by atoms with Gasteiger partial charge in [-0.3, -0.25) is 9.59 Å². The molecular formula is C12H21NO5S. The summed E-state index contributed by atoms with van der Waals surface area (Å²) >= 11 is 0. The van der Waals surface area contributed by atoms with Crippen LogP contribution in [0.25, 0.3) is 0 Å². The van der Waals surface area contributed by atoms with Gasteiger partial charge in [-0.05, 0) is 32.6 Å². The fraction of sp³-hybridized carbons (Fsp3) is 0.833. The molecule has 7 heteroatoms. The van der Waals surface area contributed by atoms with Crippen LogP contribution in [0, 0.1) is 5.92 Å². The first-order valence-corrected chi connectivity index (χ1v) is 8.15. The minimum absolute atomic E-state index is 0.0863. The summed E-state index contributed by atoms with van der Waals surface area (Å²) < 4.78 is 23.3. The molecule has 19 heavy (non-hydrogen) atoms. The van der Waals surface area contributed by atoms with E-state index in [4.69, 9.17) is 5.11 Å². The summed E-state index contributed by atoms with van der Waals surface area (Å²) in [7, 11) is -3.36. The smallest absolute Gasteiger partial charge is 0.303 e. The van der Waals surface area contributed by atoms with Gasteiger partial charge in [0.05, 0.1) is 5.25 Å². The highest BCUT2D eigenvalue weighted by atomic mass is 32.2. The van der Waals surface area contributed by atoms with E-state index in [-0.39, 0.29) is 18.2 Å². The van der Waals surface area contributed by atoms with E-state index in [1.807, 2.05) is 0 Å². The zero-order valence-corrected chi connectivity index (χ0v) is 12.1. The molecule has 0 saturated carbocycles. The first kappa shape index (κ1) is 15.9. The first-order valence-electron chi connectivity index (χ1n) is 6.43. The average molecular weight is 291 g/mol. The number of likely N-dealkylation sites (tertiary alicyclic amines) is 1. The highest BCUT2D eigenvalue weighted by Gasteiger charge is 2.28.